The highest BCUT2D eigenvalue weighted by molar-refractivity contribution is 7.89. The highest BCUT2D eigenvalue weighted by Gasteiger charge is 2.44. The van der Waals surface area contributed by atoms with Crippen molar-refractivity contribution in [2.45, 2.75) is 80.3 Å². The van der Waals surface area contributed by atoms with Gasteiger partial charge in [-0.05, 0) is 113 Å². The van der Waals surface area contributed by atoms with E-state index in [0.29, 0.717) is 57.1 Å². The number of imidazole rings is 1. The number of hydrogen-bond donors (Lipinski definition) is 0. The second kappa shape index (κ2) is 14.3. The van der Waals surface area contributed by atoms with Crippen molar-refractivity contribution in [1.29, 1.82) is 0 Å². The molecule has 0 saturated carbocycles. The van der Waals surface area contributed by atoms with E-state index < -0.39 is 26.6 Å². The van der Waals surface area contributed by atoms with Crippen LogP contribution < -0.4 is 0 Å². The van der Waals surface area contributed by atoms with Crippen LogP contribution in [0.25, 0.3) is 11.0 Å². The third-order valence-corrected chi connectivity index (χ3v) is 14.8. The number of halogens is 3. The summed E-state index contributed by atoms with van der Waals surface area (Å²) in [6, 6.07) is 18.6. The van der Waals surface area contributed by atoms with E-state index in [-0.39, 0.29) is 34.9 Å². The number of piperazine rings is 1. The number of hydrogen-bond acceptors (Lipinski definition) is 6. The predicted octanol–water partition coefficient (Wildman–Crippen LogP) is 6.64. The van der Waals surface area contributed by atoms with Crippen LogP contribution in [0, 0.1) is 18.6 Å². The molecule has 0 aliphatic carbocycles. The molecule has 4 saturated heterocycles. The van der Waals surface area contributed by atoms with Crippen molar-refractivity contribution in [3.63, 3.8) is 0 Å². The average molecular weight is 765 g/mol. The van der Waals surface area contributed by atoms with Gasteiger partial charge in [0.15, 0.2) is 0 Å². The molecule has 1 aromatic heterocycles. The number of fused-ring (bicyclic) bond motifs is 3. The number of carbonyl (C=O) groups is 1. The first-order valence-electron chi connectivity index (χ1n) is 18.9. The number of sulfonamides is 1. The molecule has 282 valence electrons. The van der Waals surface area contributed by atoms with E-state index in [1.54, 1.807) is 17.0 Å². The Morgan fingerprint density at radius 2 is 1.60 bits per heavy atom. The topological polar surface area (TPSA) is 82.0 Å². The van der Waals surface area contributed by atoms with Crippen LogP contribution in [0.1, 0.15) is 72.7 Å². The molecule has 4 aliphatic heterocycles. The molecule has 3 atom stereocenters. The number of likely N-dealkylation sites (N-methyl/N-ethyl adjacent to an activating group) is 1. The van der Waals surface area contributed by atoms with Crippen molar-refractivity contribution in [2.24, 2.45) is 0 Å². The van der Waals surface area contributed by atoms with Gasteiger partial charge in [0, 0.05) is 57.4 Å². The first kappa shape index (κ1) is 36.6. The van der Waals surface area contributed by atoms with Gasteiger partial charge in [0.2, 0.25) is 10.0 Å². The molecule has 1 unspecified atom stereocenters. The smallest absolute Gasteiger partial charge is 0.255 e. The molecule has 1 amide bonds. The second-order valence-corrected chi connectivity index (χ2v) is 17.9. The van der Waals surface area contributed by atoms with Gasteiger partial charge in [0.1, 0.15) is 22.4 Å². The fourth-order valence-corrected chi connectivity index (χ4v) is 11.4. The second-order valence-electron chi connectivity index (χ2n) is 15.6. The summed E-state index contributed by atoms with van der Waals surface area (Å²) < 4.78 is 60.7. The number of nitrogens with zero attached hydrogens (tertiary/aromatic N) is 6. The third kappa shape index (κ3) is 6.79. The summed E-state index contributed by atoms with van der Waals surface area (Å²) in [6.45, 7) is 5.28. The lowest BCUT2D eigenvalue weighted by Crippen LogP contribution is -2.49. The number of aryl methyl sites for hydroxylation is 1. The van der Waals surface area contributed by atoms with E-state index in [2.05, 4.69) is 34.6 Å². The maximum atomic E-state index is 15.2. The molecule has 0 N–H and O–H groups in total. The summed E-state index contributed by atoms with van der Waals surface area (Å²) >= 11 is 6.43. The number of para-hydroxylation sites is 2. The zero-order valence-corrected chi connectivity index (χ0v) is 31.9. The summed E-state index contributed by atoms with van der Waals surface area (Å²) in [5, 5.41) is -0.121. The number of benzene rings is 3. The largest absolute Gasteiger partial charge is 0.339 e. The van der Waals surface area contributed by atoms with Gasteiger partial charge in [0.25, 0.3) is 5.91 Å². The van der Waals surface area contributed by atoms with Gasteiger partial charge in [-0.3, -0.25) is 9.69 Å². The lowest BCUT2D eigenvalue weighted by atomic mass is 9.70. The Kier molecular flexibility index (Phi) is 9.89. The van der Waals surface area contributed by atoms with Gasteiger partial charge in [-0.1, -0.05) is 35.9 Å². The molecular weight excluding hydrogens is 718 g/mol. The normalized spacial score (nSPS) is 24.2. The summed E-state index contributed by atoms with van der Waals surface area (Å²) in [6.07, 6.45) is 6.50. The molecule has 3 aromatic carbocycles. The fourth-order valence-electron chi connectivity index (χ4n) is 9.66. The number of amides is 1. The van der Waals surface area contributed by atoms with Crippen LogP contribution in [0.15, 0.2) is 65.6 Å². The highest BCUT2D eigenvalue weighted by Crippen LogP contribution is 2.45. The van der Waals surface area contributed by atoms with Gasteiger partial charge in [-0.15, -0.1) is 0 Å². The molecular formula is C40H47ClF2N6O3S. The van der Waals surface area contributed by atoms with Crippen LogP contribution in [0.2, 0.25) is 5.02 Å². The van der Waals surface area contributed by atoms with E-state index >= 15 is 4.39 Å². The minimum absolute atomic E-state index is 0.0284. The van der Waals surface area contributed by atoms with Crippen LogP contribution in [0.4, 0.5) is 8.78 Å². The van der Waals surface area contributed by atoms with Crippen molar-refractivity contribution in [3.05, 3.63) is 94.3 Å². The molecule has 4 aromatic rings. The Labute approximate surface area is 315 Å². The summed E-state index contributed by atoms with van der Waals surface area (Å²) in [5.74, 6) is -0.623. The fraction of sp³-hybridized carbons (Fsp3) is 0.500. The lowest BCUT2D eigenvalue weighted by molar-refractivity contribution is 0.0606. The first-order chi connectivity index (χ1) is 25.4. The van der Waals surface area contributed by atoms with Crippen molar-refractivity contribution in [1.82, 2.24) is 28.6 Å². The summed E-state index contributed by atoms with van der Waals surface area (Å²) in [7, 11) is -2.27. The monoisotopic (exact) mass is 764 g/mol. The summed E-state index contributed by atoms with van der Waals surface area (Å²) in [4.78, 5) is 24.7. The Morgan fingerprint density at radius 3 is 2.30 bits per heavy atom. The van der Waals surface area contributed by atoms with Crippen molar-refractivity contribution in [2.75, 3.05) is 52.9 Å². The van der Waals surface area contributed by atoms with E-state index in [9.17, 15) is 17.6 Å². The lowest BCUT2D eigenvalue weighted by Gasteiger charge is -2.45. The maximum absolute atomic E-state index is 15.2. The van der Waals surface area contributed by atoms with Crippen LogP contribution in [0.3, 0.4) is 0 Å². The Bertz CT molecular complexity index is 2120. The predicted molar refractivity (Wildman–Crippen MR) is 202 cm³/mol. The number of carbonyl (C=O) groups excluding carboxylic acids is 1. The van der Waals surface area contributed by atoms with Crippen LogP contribution in [-0.2, 0) is 15.4 Å². The molecule has 2 bridgehead atoms. The number of likely N-dealkylation sites (tertiary alicyclic amines) is 1. The molecule has 13 heteroatoms. The molecule has 4 aliphatic rings. The van der Waals surface area contributed by atoms with E-state index in [0.717, 1.165) is 67.7 Å². The zero-order valence-electron chi connectivity index (χ0n) is 30.4. The SMILES string of the molecule is Cc1nc2ccccc2n1C1C[C@H]2CC[C@@H](C1)N2CCC1(c2cccc(F)c2)CCN(C(=O)c2cc(S(=O)(=O)N3CCN(C)CC3)c(F)cc2Cl)CC1. The minimum atomic E-state index is -4.17. The third-order valence-electron chi connectivity index (χ3n) is 12.6. The van der Waals surface area contributed by atoms with Gasteiger partial charge in [-0.2, -0.15) is 4.31 Å². The molecule has 4 fully saturated rings. The molecule has 8 rings (SSSR count). The van der Waals surface area contributed by atoms with Gasteiger partial charge >= 0.3 is 0 Å². The molecule has 0 spiro atoms. The Morgan fingerprint density at radius 1 is 0.906 bits per heavy atom. The summed E-state index contributed by atoms with van der Waals surface area (Å²) in [5.41, 5.74) is 2.80. The van der Waals surface area contributed by atoms with Crippen molar-refractivity contribution in [3.8, 4) is 0 Å². The number of piperidine rings is 2. The van der Waals surface area contributed by atoms with Gasteiger partial charge in [-0.25, -0.2) is 22.2 Å². The maximum Gasteiger partial charge on any atom is 0.255 e. The standard InChI is InChI=1S/C40H47ClF2N6O3S/c1-27-44-36-8-3-4-9-37(36)49(27)32-23-30-10-11-31(24-32)48(30)17-14-40(28-6-5-7-29(42)22-28)12-15-46(16-13-40)39(50)33-25-38(35(43)26-34(33)41)53(51,52)47-20-18-45(2)19-21-47/h3-9,22,25-26,30-32H,10-21,23-24H2,1-2H3/t30-,31+,32?. The minimum Gasteiger partial charge on any atom is -0.339 e. The molecule has 5 heterocycles. The molecule has 9 nitrogen and oxygen atoms in total. The Hall–Kier alpha value is -3.42. The first-order valence-corrected chi connectivity index (χ1v) is 20.7. The van der Waals surface area contributed by atoms with E-state index in [4.69, 9.17) is 16.6 Å². The zero-order chi connectivity index (χ0) is 37.1. The quantitative estimate of drug-likeness (QED) is 0.200. The van der Waals surface area contributed by atoms with Gasteiger partial charge < -0.3 is 14.4 Å². The number of aromatic nitrogens is 2. The van der Waals surface area contributed by atoms with Crippen LogP contribution in [-0.4, -0.2) is 108 Å². The molecule has 0 radical (unpaired) electrons. The van der Waals surface area contributed by atoms with E-state index in [1.165, 1.54) is 15.9 Å². The van der Waals surface area contributed by atoms with Crippen LogP contribution >= 0.6 is 11.6 Å². The van der Waals surface area contributed by atoms with Gasteiger partial charge in [0.05, 0.1) is 21.6 Å². The van der Waals surface area contributed by atoms with Crippen molar-refractivity contribution < 1.29 is 22.0 Å². The van der Waals surface area contributed by atoms with Crippen molar-refractivity contribution >= 4 is 38.6 Å². The van der Waals surface area contributed by atoms with Crippen LogP contribution in [0.5, 0.6) is 0 Å². The number of rotatable bonds is 8. The molecule has 53 heavy (non-hydrogen) atoms. The Balaban J connectivity index is 0.989. The highest BCUT2D eigenvalue weighted by atomic mass is 35.5. The van der Waals surface area contributed by atoms with E-state index in [1.807, 2.05) is 24.1 Å². The average Bonchev–Trinajstić information content (AvgIpc) is 3.60.